The van der Waals surface area contributed by atoms with Crippen LogP contribution in [-0.4, -0.2) is 31.1 Å². The Morgan fingerprint density at radius 3 is 2.32 bits per heavy atom. The monoisotopic (exact) mass is 342 g/mol. The van der Waals surface area contributed by atoms with Crippen LogP contribution in [0.3, 0.4) is 0 Å². The Hall–Kier alpha value is -3.35. The molecular formula is C18H18N2O5. The first-order valence-corrected chi connectivity index (χ1v) is 7.56. The van der Waals surface area contributed by atoms with Crippen LogP contribution in [0.1, 0.15) is 17.3 Å². The van der Waals surface area contributed by atoms with Crippen molar-refractivity contribution in [3.63, 3.8) is 0 Å². The molecule has 0 aliphatic carbocycles. The lowest BCUT2D eigenvalue weighted by Crippen LogP contribution is -2.43. The van der Waals surface area contributed by atoms with Crippen LogP contribution in [0.5, 0.6) is 11.5 Å². The summed E-state index contributed by atoms with van der Waals surface area (Å²) in [5.41, 5.74) is 0.230. The predicted octanol–water partition coefficient (Wildman–Crippen LogP) is 2.48. The Kier molecular flexibility index (Phi) is 6.11. The first-order valence-electron chi connectivity index (χ1n) is 7.56. The zero-order valence-electron chi connectivity index (χ0n) is 13.8. The van der Waals surface area contributed by atoms with Gasteiger partial charge in [-0.15, -0.1) is 0 Å². The van der Waals surface area contributed by atoms with Crippen molar-refractivity contribution < 1.29 is 23.9 Å². The van der Waals surface area contributed by atoms with Gasteiger partial charge in [-0.3, -0.25) is 10.1 Å². The molecule has 0 heterocycles. The maximum atomic E-state index is 12.2. The molecule has 3 amide bonds. The highest BCUT2D eigenvalue weighted by Gasteiger charge is 2.20. The minimum atomic E-state index is -1.12. The molecule has 0 radical (unpaired) electrons. The Balaban J connectivity index is 2.01. The Labute approximate surface area is 144 Å². The number of hydrogen-bond donors (Lipinski definition) is 2. The van der Waals surface area contributed by atoms with Gasteiger partial charge in [0.25, 0.3) is 5.91 Å². The topological polar surface area (TPSA) is 93.7 Å². The second-order valence-electron chi connectivity index (χ2n) is 5.06. The van der Waals surface area contributed by atoms with Gasteiger partial charge in [0.15, 0.2) is 6.10 Å². The van der Waals surface area contributed by atoms with Gasteiger partial charge in [0.2, 0.25) is 0 Å². The number of rotatable bonds is 5. The molecule has 2 N–H and O–H groups in total. The van der Waals surface area contributed by atoms with E-state index in [0.29, 0.717) is 11.5 Å². The lowest BCUT2D eigenvalue weighted by Gasteiger charge is -2.13. The quantitative estimate of drug-likeness (QED) is 0.814. The van der Waals surface area contributed by atoms with Gasteiger partial charge >= 0.3 is 12.0 Å². The molecule has 0 aliphatic rings. The summed E-state index contributed by atoms with van der Waals surface area (Å²) in [6, 6.07) is 14.8. The Morgan fingerprint density at radius 2 is 1.64 bits per heavy atom. The molecule has 0 saturated carbocycles. The average Bonchev–Trinajstić information content (AvgIpc) is 2.62. The molecular weight excluding hydrogens is 324 g/mol. The largest absolute Gasteiger partial charge is 0.457 e. The minimum Gasteiger partial charge on any atom is -0.457 e. The summed E-state index contributed by atoms with van der Waals surface area (Å²) < 4.78 is 10.7. The summed E-state index contributed by atoms with van der Waals surface area (Å²) in [5, 5.41) is 4.28. The van der Waals surface area contributed by atoms with Gasteiger partial charge in [0, 0.05) is 7.05 Å². The fraction of sp³-hybridized carbons (Fsp3) is 0.167. The molecule has 25 heavy (non-hydrogen) atoms. The van der Waals surface area contributed by atoms with E-state index in [2.05, 4.69) is 5.32 Å². The second-order valence-corrected chi connectivity index (χ2v) is 5.06. The summed E-state index contributed by atoms with van der Waals surface area (Å²) in [5.74, 6) is -0.322. The summed E-state index contributed by atoms with van der Waals surface area (Å²) >= 11 is 0. The molecule has 0 spiro atoms. The number of benzene rings is 2. The van der Waals surface area contributed by atoms with E-state index < -0.39 is 24.0 Å². The SMILES string of the molecule is CNC(=O)NC(=O)C(C)OC(=O)c1cccc(Oc2ccccc2)c1. The van der Waals surface area contributed by atoms with Crippen LogP contribution in [0, 0.1) is 0 Å². The maximum Gasteiger partial charge on any atom is 0.339 e. The van der Waals surface area contributed by atoms with E-state index in [4.69, 9.17) is 9.47 Å². The molecule has 0 bridgehead atoms. The van der Waals surface area contributed by atoms with E-state index in [1.807, 2.05) is 23.5 Å². The molecule has 130 valence electrons. The number of amides is 3. The van der Waals surface area contributed by atoms with Crippen LogP contribution in [-0.2, 0) is 9.53 Å². The molecule has 2 rings (SSSR count). The third kappa shape index (κ3) is 5.35. The highest BCUT2D eigenvalue weighted by atomic mass is 16.5. The van der Waals surface area contributed by atoms with E-state index >= 15 is 0 Å². The summed E-state index contributed by atoms with van der Waals surface area (Å²) in [7, 11) is 1.37. The van der Waals surface area contributed by atoms with Crippen molar-refractivity contribution in [2.45, 2.75) is 13.0 Å². The van der Waals surface area contributed by atoms with Crippen molar-refractivity contribution in [1.29, 1.82) is 0 Å². The third-order valence-corrected chi connectivity index (χ3v) is 3.17. The number of esters is 1. The van der Waals surface area contributed by atoms with E-state index in [1.54, 1.807) is 30.3 Å². The molecule has 0 fully saturated rings. The molecule has 1 atom stereocenters. The van der Waals surface area contributed by atoms with Crippen LogP contribution >= 0.6 is 0 Å². The molecule has 2 aromatic rings. The molecule has 0 aliphatic heterocycles. The molecule has 0 aromatic heterocycles. The van der Waals surface area contributed by atoms with E-state index in [-0.39, 0.29) is 5.56 Å². The smallest absolute Gasteiger partial charge is 0.339 e. The lowest BCUT2D eigenvalue weighted by atomic mass is 10.2. The fourth-order valence-electron chi connectivity index (χ4n) is 1.87. The van der Waals surface area contributed by atoms with Crippen LogP contribution in [0.4, 0.5) is 4.79 Å². The fourth-order valence-corrected chi connectivity index (χ4v) is 1.87. The number of hydrogen-bond acceptors (Lipinski definition) is 5. The highest BCUT2D eigenvalue weighted by molar-refractivity contribution is 5.98. The van der Waals surface area contributed by atoms with Crippen LogP contribution in [0.25, 0.3) is 0 Å². The van der Waals surface area contributed by atoms with Crippen molar-refractivity contribution in [2.75, 3.05) is 7.05 Å². The number of carbonyl (C=O) groups is 3. The van der Waals surface area contributed by atoms with Crippen molar-refractivity contribution in [3.8, 4) is 11.5 Å². The zero-order chi connectivity index (χ0) is 18.2. The van der Waals surface area contributed by atoms with Crippen LogP contribution in [0.15, 0.2) is 54.6 Å². The zero-order valence-corrected chi connectivity index (χ0v) is 13.8. The number of nitrogens with one attached hydrogen (secondary N) is 2. The van der Waals surface area contributed by atoms with Gasteiger partial charge in [-0.05, 0) is 37.3 Å². The first kappa shape index (κ1) is 18.0. The van der Waals surface area contributed by atoms with Crippen LogP contribution in [0.2, 0.25) is 0 Å². The Morgan fingerprint density at radius 1 is 0.960 bits per heavy atom. The predicted molar refractivity (Wildman–Crippen MR) is 90.4 cm³/mol. The van der Waals surface area contributed by atoms with Gasteiger partial charge in [-0.1, -0.05) is 24.3 Å². The van der Waals surface area contributed by atoms with E-state index in [1.165, 1.54) is 20.0 Å². The number of ether oxygens (including phenoxy) is 2. The molecule has 2 aromatic carbocycles. The van der Waals surface area contributed by atoms with Gasteiger partial charge in [0.1, 0.15) is 11.5 Å². The van der Waals surface area contributed by atoms with Crippen molar-refractivity contribution in [2.24, 2.45) is 0 Å². The average molecular weight is 342 g/mol. The van der Waals surface area contributed by atoms with Crippen LogP contribution < -0.4 is 15.4 Å². The normalized spacial score (nSPS) is 11.1. The van der Waals surface area contributed by atoms with Crippen molar-refractivity contribution in [1.82, 2.24) is 10.6 Å². The summed E-state index contributed by atoms with van der Waals surface area (Å²) in [6.45, 7) is 1.38. The van der Waals surface area contributed by atoms with Crippen molar-refractivity contribution >= 4 is 17.9 Å². The van der Waals surface area contributed by atoms with E-state index in [0.717, 1.165) is 0 Å². The number of urea groups is 1. The first-order chi connectivity index (χ1) is 12.0. The number of carbonyl (C=O) groups excluding carboxylic acids is 3. The summed E-state index contributed by atoms with van der Waals surface area (Å²) in [6.07, 6.45) is -1.12. The maximum absolute atomic E-state index is 12.2. The van der Waals surface area contributed by atoms with Crippen molar-refractivity contribution in [3.05, 3.63) is 60.2 Å². The second kappa shape index (κ2) is 8.49. The third-order valence-electron chi connectivity index (χ3n) is 3.17. The minimum absolute atomic E-state index is 0.230. The van der Waals surface area contributed by atoms with Gasteiger partial charge in [-0.2, -0.15) is 0 Å². The molecule has 7 heteroatoms. The standard InChI is InChI=1S/C18H18N2O5/c1-12(16(21)20-18(23)19-2)24-17(22)13-7-6-10-15(11-13)25-14-8-4-3-5-9-14/h3-12H,1-2H3,(H2,19,20,21,23). The van der Waals surface area contributed by atoms with Gasteiger partial charge in [0.05, 0.1) is 5.56 Å². The number of imide groups is 1. The molecule has 7 nitrogen and oxygen atoms in total. The Bertz CT molecular complexity index is 761. The molecule has 1 unspecified atom stereocenters. The van der Waals surface area contributed by atoms with Gasteiger partial charge in [-0.25, -0.2) is 9.59 Å². The summed E-state index contributed by atoms with van der Waals surface area (Å²) in [4.78, 5) is 35.0. The molecule has 0 saturated heterocycles. The highest BCUT2D eigenvalue weighted by Crippen LogP contribution is 2.22. The number of para-hydroxylation sites is 1. The lowest BCUT2D eigenvalue weighted by molar-refractivity contribution is -0.127. The van der Waals surface area contributed by atoms with Gasteiger partial charge < -0.3 is 14.8 Å². The van der Waals surface area contributed by atoms with E-state index in [9.17, 15) is 14.4 Å².